The minimum Gasteiger partial charge on any atom is -0.494 e. The molecule has 0 aliphatic heterocycles. The van der Waals surface area contributed by atoms with Crippen LogP contribution in [-0.2, 0) is 4.79 Å². The molecule has 7 heteroatoms. The molecule has 0 saturated carbocycles. The number of esters is 1. The number of hydrogen-bond acceptors (Lipinski definition) is 6. The topological polar surface area (TPSA) is 86.2 Å². The number of ether oxygens (including phenoxy) is 3. The minimum atomic E-state index is -0.428. The molecule has 0 aliphatic carbocycles. The van der Waals surface area contributed by atoms with Gasteiger partial charge in [-0.1, -0.05) is 31.5 Å². The van der Waals surface area contributed by atoms with Gasteiger partial charge in [0.05, 0.1) is 18.4 Å². The van der Waals surface area contributed by atoms with Crippen molar-refractivity contribution in [1.82, 2.24) is 5.43 Å². The predicted octanol–water partition coefficient (Wildman–Crippen LogP) is 4.61. The predicted molar refractivity (Wildman–Crippen MR) is 126 cm³/mol. The van der Waals surface area contributed by atoms with Gasteiger partial charge in [0.2, 0.25) is 0 Å². The van der Waals surface area contributed by atoms with Crippen LogP contribution in [0.5, 0.6) is 17.2 Å². The van der Waals surface area contributed by atoms with E-state index in [4.69, 9.17) is 14.2 Å². The lowest BCUT2D eigenvalue weighted by atomic mass is 10.2. The number of hydrogen-bond donors (Lipinski definition) is 1. The number of carbonyl (C=O) groups is 2. The molecule has 7 nitrogen and oxygen atoms in total. The van der Waals surface area contributed by atoms with Crippen LogP contribution in [0.2, 0.25) is 0 Å². The molecule has 33 heavy (non-hydrogen) atoms. The van der Waals surface area contributed by atoms with Crippen LogP contribution < -0.4 is 19.6 Å². The van der Waals surface area contributed by atoms with Crippen LogP contribution >= 0.6 is 0 Å². The number of unbranched alkanes of at least 4 members (excludes halogenated alkanes) is 1. The van der Waals surface area contributed by atoms with Crippen molar-refractivity contribution in [2.45, 2.75) is 19.8 Å². The van der Waals surface area contributed by atoms with Crippen molar-refractivity contribution in [2.24, 2.45) is 5.10 Å². The van der Waals surface area contributed by atoms with Gasteiger partial charge < -0.3 is 14.2 Å². The molecular weight excluding hydrogens is 420 g/mol. The highest BCUT2D eigenvalue weighted by Crippen LogP contribution is 2.18. The fourth-order valence-electron chi connectivity index (χ4n) is 2.69. The van der Waals surface area contributed by atoms with Crippen molar-refractivity contribution in [1.29, 1.82) is 0 Å². The van der Waals surface area contributed by atoms with Crippen LogP contribution in [0.4, 0.5) is 0 Å². The lowest BCUT2D eigenvalue weighted by molar-refractivity contribution is -0.123. The van der Waals surface area contributed by atoms with Crippen LogP contribution in [0.25, 0.3) is 0 Å². The average molecular weight is 447 g/mol. The number of rotatable bonds is 11. The van der Waals surface area contributed by atoms with Crippen LogP contribution in [-0.4, -0.2) is 31.3 Å². The van der Waals surface area contributed by atoms with Gasteiger partial charge in [-0.3, -0.25) is 4.79 Å². The molecule has 1 amide bonds. The number of amides is 1. The van der Waals surface area contributed by atoms with Gasteiger partial charge in [0.25, 0.3) is 5.91 Å². The normalized spacial score (nSPS) is 10.6. The molecule has 3 rings (SSSR count). The minimum absolute atomic E-state index is 0.165. The van der Waals surface area contributed by atoms with Gasteiger partial charge in [-0.05, 0) is 72.6 Å². The Kier molecular flexibility index (Phi) is 9.03. The van der Waals surface area contributed by atoms with Crippen LogP contribution in [0.3, 0.4) is 0 Å². The Balaban J connectivity index is 1.39. The van der Waals surface area contributed by atoms with Crippen molar-refractivity contribution in [3.05, 3.63) is 90.0 Å². The number of nitrogens with zero attached hydrogens (tertiary/aromatic N) is 1. The summed E-state index contributed by atoms with van der Waals surface area (Å²) in [6.45, 7) is 2.62. The van der Waals surface area contributed by atoms with Gasteiger partial charge >= 0.3 is 5.97 Å². The number of benzene rings is 3. The monoisotopic (exact) mass is 446 g/mol. The maximum atomic E-state index is 12.1. The van der Waals surface area contributed by atoms with Crippen LogP contribution in [0, 0.1) is 0 Å². The average Bonchev–Trinajstić information content (AvgIpc) is 2.85. The molecule has 0 spiro atoms. The molecule has 0 saturated heterocycles. The third kappa shape index (κ3) is 8.14. The molecule has 3 aromatic rings. The van der Waals surface area contributed by atoms with Gasteiger partial charge in [0.15, 0.2) is 6.61 Å². The summed E-state index contributed by atoms with van der Waals surface area (Å²) in [5.74, 6) is 0.939. The summed E-state index contributed by atoms with van der Waals surface area (Å²) in [6, 6.07) is 22.6. The molecule has 0 aromatic heterocycles. The van der Waals surface area contributed by atoms with Crippen molar-refractivity contribution >= 4 is 18.1 Å². The zero-order valence-corrected chi connectivity index (χ0v) is 18.4. The van der Waals surface area contributed by atoms with Gasteiger partial charge in [-0.2, -0.15) is 5.10 Å². The van der Waals surface area contributed by atoms with E-state index in [0.29, 0.717) is 23.7 Å². The summed E-state index contributed by atoms with van der Waals surface area (Å²) < 4.78 is 16.4. The lowest BCUT2D eigenvalue weighted by Gasteiger charge is -2.08. The van der Waals surface area contributed by atoms with E-state index in [9.17, 15) is 9.59 Å². The molecule has 0 heterocycles. The summed E-state index contributed by atoms with van der Waals surface area (Å²) in [7, 11) is 0. The second-order valence-electron chi connectivity index (χ2n) is 7.08. The maximum Gasteiger partial charge on any atom is 0.343 e. The molecule has 0 radical (unpaired) electrons. The largest absolute Gasteiger partial charge is 0.494 e. The number of hydrazone groups is 1. The second kappa shape index (κ2) is 12.7. The van der Waals surface area contributed by atoms with E-state index < -0.39 is 5.97 Å². The smallest absolute Gasteiger partial charge is 0.343 e. The van der Waals surface area contributed by atoms with E-state index in [1.54, 1.807) is 60.7 Å². The molecule has 3 aromatic carbocycles. The Labute approximate surface area is 193 Å². The molecular formula is C26H26N2O5. The van der Waals surface area contributed by atoms with Crippen molar-refractivity contribution in [2.75, 3.05) is 13.2 Å². The highest BCUT2D eigenvalue weighted by Gasteiger charge is 2.07. The first kappa shape index (κ1) is 23.5. The third-order valence-electron chi connectivity index (χ3n) is 4.46. The quantitative estimate of drug-likeness (QED) is 0.153. The summed E-state index contributed by atoms with van der Waals surface area (Å²) in [6.07, 6.45) is 3.57. The van der Waals surface area contributed by atoms with E-state index in [1.807, 2.05) is 18.2 Å². The van der Waals surface area contributed by atoms with Crippen LogP contribution in [0.1, 0.15) is 35.7 Å². The Morgan fingerprint density at radius 1 is 0.848 bits per heavy atom. The first-order chi connectivity index (χ1) is 16.1. The second-order valence-corrected chi connectivity index (χ2v) is 7.08. The lowest BCUT2D eigenvalue weighted by Crippen LogP contribution is -2.24. The standard InChI is InChI=1S/C26H26N2O5/c1-2-3-17-31-22-13-15-23(16-14-22)32-19-25(29)28-27-18-20-9-11-24(12-10-20)33-26(30)21-7-5-4-6-8-21/h4-16,18H,2-3,17,19H2,1H3,(H,28,29)/b27-18+. The summed E-state index contributed by atoms with van der Waals surface area (Å²) >= 11 is 0. The Morgan fingerprint density at radius 2 is 1.48 bits per heavy atom. The van der Waals surface area contributed by atoms with Crippen molar-refractivity contribution < 1.29 is 23.8 Å². The molecule has 0 fully saturated rings. The van der Waals surface area contributed by atoms with E-state index in [2.05, 4.69) is 17.5 Å². The zero-order chi connectivity index (χ0) is 23.3. The van der Waals surface area contributed by atoms with E-state index >= 15 is 0 Å². The summed E-state index contributed by atoms with van der Waals surface area (Å²) in [5, 5.41) is 3.92. The molecule has 0 bridgehead atoms. The van der Waals surface area contributed by atoms with E-state index in [1.165, 1.54) is 6.21 Å². The highest BCUT2D eigenvalue weighted by atomic mass is 16.5. The Morgan fingerprint density at radius 3 is 2.15 bits per heavy atom. The molecule has 0 aliphatic rings. The zero-order valence-electron chi connectivity index (χ0n) is 18.4. The number of carbonyl (C=O) groups excluding carboxylic acids is 2. The highest BCUT2D eigenvalue weighted by molar-refractivity contribution is 5.91. The summed E-state index contributed by atoms with van der Waals surface area (Å²) in [5.41, 5.74) is 3.62. The Bertz CT molecular complexity index is 1050. The first-order valence-corrected chi connectivity index (χ1v) is 10.7. The van der Waals surface area contributed by atoms with Gasteiger partial charge in [-0.15, -0.1) is 0 Å². The van der Waals surface area contributed by atoms with E-state index in [0.717, 1.165) is 24.2 Å². The van der Waals surface area contributed by atoms with Crippen molar-refractivity contribution in [3.63, 3.8) is 0 Å². The fourth-order valence-corrected chi connectivity index (χ4v) is 2.69. The van der Waals surface area contributed by atoms with Crippen LogP contribution in [0.15, 0.2) is 84.0 Å². The Hall–Kier alpha value is -4.13. The number of nitrogens with one attached hydrogen (secondary N) is 1. The van der Waals surface area contributed by atoms with E-state index in [-0.39, 0.29) is 12.5 Å². The maximum absolute atomic E-state index is 12.1. The summed E-state index contributed by atoms with van der Waals surface area (Å²) in [4.78, 5) is 24.0. The molecule has 0 atom stereocenters. The van der Waals surface area contributed by atoms with Crippen molar-refractivity contribution in [3.8, 4) is 17.2 Å². The first-order valence-electron chi connectivity index (χ1n) is 10.7. The molecule has 1 N–H and O–H groups in total. The SMILES string of the molecule is CCCCOc1ccc(OCC(=O)N/N=C/c2ccc(OC(=O)c3ccccc3)cc2)cc1. The molecule has 170 valence electrons. The third-order valence-corrected chi connectivity index (χ3v) is 4.46. The van der Waals surface area contributed by atoms with Gasteiger partial charge in [0.1, 0.15) is 17.2 Å². The molecule has 0 unspecified atom stereocenters. The fraction of sp³-hybridized carbons (Fsp3) is 0.192. The van der Waals surface area contributed by atoms with Gasteiger partial charge in [-0.25, -0.2) is 10.2 Å². The van der Waals surface area contributed by atoms with Gasteiger partial charge in [0, 0.05) is 0 Å².